The van der Waals surface area contributed by atoms with E-state index in [1.165, 1.54) is 24.3 Å². The van der Waals surface area contributed by atoms with Gasteiger partial charge in [-0.1, -0.05) is 0 Å². The van der Waals surface area contributed by atoms with Crippen LogP contribution in [0.3, 0.4) is 0 Å². The molecule has 7 nitrogen and oxygen atoms in total. The van der Waals surface area contributed by atoms with Gasteiger partial charge in [0.25, 0.3) is 10.2 Å². The summed E-state index contributed by atoms with van der Waals surface area (Å²) in [6.07, 6.45) is 0. The molecule has 0 aliphatic carbocycles. The highest BCUT2D eigenvalue weighted by Crippen LogP contribution is 2.14. The minimum absolute atomic E-state index is 0.0840. The Balaban J connectivity index is 2.90. The smallest absolute Gasteiger partial charge is 0.271 e. The van der Waals surface area contributed by atoms with Crippen molar-refractivity contribution in [1.29, 1.82) is 0 Å². The quantitative estimate of drug-likeness (QED) is 0.745. The number of benzene rings is 1. The Kier molecular flexibility index (Phi) is 4.25. The maximum absolute atomic E-state index is 11.7. The molecule has 0 fully saturated rings. The third-order valence-corrected chi connectivity index (χ3v) is 4.19. The first-order chi connectivity index (χ1) is 8.39. The largest absolute Gasteiger partial charge is 0.299 e. The maximum Gasteiger partial charge on any atom is 0.299 e. The molecule has 19 heavy (non-hydrogen) atoms. The van der Waals surface area contributed by atoms with Crippen molar-refractivity contribution in [1.82, 2.24) is 4.72 Å². The molecule has 108 valence electrons. The Hall–Kier alpha value is -1.16. The summed E-state index contributed by atoms with van der Waals surface area (Å²) >= 11 is 0. The lowest BCUT2D eigenvalue weighted by atomic mass is 10.1. The molecule has 0 unspecified atom stereocenters. The molecule has 1 rings (SSSR count). The van der Waals surface area contributed by atoms with Gasteiger partial charge in [0.05, 0.1) is 4.90 Å². The fourth-order valence-corrected chi connectivity index (χ4v) is 3.12. The Morgan fingerprint density at radius 2 is 1.47 bits per heavy atom. The molecule has 0 heterocycles. The monoisotopic (exact) mass is 307 g/mol. The molecule has 1 aromatic rings. The third-order valence-electron chi connectivity index (χ3n) is 1.88. The van der Waals surface area contributed by atoms with Crippen LogP contribution in [0.5, 0.6) is 0 Å². The molecule has 0 aliphatic heterocycles. The SMILES string of the molecule is CC(C)(C)NS(=O)(=O)Nc1ccc(S(N)(=O)=O)cc1. The van der Waals surface area contributed by atoms with Crippen LogP contribution in [-0.4, -0.2) is 22.4 Å². The van der Waals surface area contributed by atoms with E-state index < -0.39 is 25.8 Å². The summed E-state index contributed by atoms with van der Waals surface area (Å²) in [7, 11) is -7.51. The van der Waals surface area contributed by atoms with Crippen LogP contribution in [0.15, 0.2) is 29.2 Å². The lowest BCUT2D eigenvalue weighted by Crippen LogP contribution is -2.43. The Bertz CT molecular complexity index is 643. The summed E-state index contributed by atoms with van der Waals surface area (Å²) < 4.78 is 50.2. The van der Waals surface area contributed by atoms with Gasteiger partial charge in [0.15, 0.2) is 0 Å². The third kappa shape index (κ3) is 5.55. The summed E-state index contributed by atoms with van der Waals surface area (Å²) in [4.78, 5) is -0.0840. The van der Waals surface area contributed by atoms with E-state index in [9.17, 15) is 16.8 Å². The molecule has 0 radical (unpaired) electrons. The lowest BCUT2D eigenvalue weighted by molar-refractivity contribution is 0.494. The number of sulfonamides is 1. The summed E-state index contributed by atoms with van der Waals surface area (Å²) in [5, 5.41) is 4.94. The summed E-state index contributed by atoms with van der Waals surface area (Å²) in [5.41, 5.74) is -0.379. The van der Waals surface area contributed by atoms with E-state index in [1.807, 2.05) is 0 Å². The molecule has 0 aliphatic rings. The van der Waals surface area contributed by atoms with Gasteiger partial charge in [-0.2, -0.15) is 13.1 Å². The first kappa shape index (κ1) is 15.9. The summed E-state index contributed by atoms with van der Waals surface area (Å²) in [5.74, 6) is 0. The van der Waals surface area contributed by atoms with Gasteiger partial charge in [0, 0.05) is 11.2 Å². The van der Waals surface area contributed by atoms with Crippen molar-refractivity contribution >= 4 is 25.9 Å². The number of hydrogen-bond donors (Lipinski definition) is 3. The van der Waals surface area contributed by atoms with Gasteiger partial charge in [-0.3, -0.25) is 4.72 Å². The minimum Gasteiger partial charge on any atom is -0.271 e. The molecule has 0 spiro atoms. The molecular weight excluding hydrogens is 290 g/mol. The second-order valence-electron chi connectivity index (χ2n) is 5.03. The topological polar surface area (TPSA) is 118 Å². The lowest BCUT2D eigenvalue weighted by Gasteiger charge is -2.20. The Morgan fingerprint density at radius 1 is 1.00 bits per heavy atom. The molecule has 0 atom stereocenters. The number of anilines is 1. The second-order valence-corrected chi connectivity index (χ2v) is 8.00. The molecule has 9 heteroatoms. The Labute approximate surface area is 113 Å². The first-order valence-corrected chi connectivity index (χ1v) is 8.37. The van der Waals surface area contributed by atoms with Crippen molar-refractivity contribution in [3.05, 3.63) is 24.3 Å². The highest BCUT2D eigenvalue weighted by molar-refractivity contribution is 7.90. The summed E-state index contributed by atoms with van der Waals surface area (Å²) in [6.45, 7) is 5.11. The average Bonchev–Trinajstić information content (AvgIpc) is 2.11. The molecule has 0 saturated heterocycles. The predicted molar refractivity (Wildman–Crippen MR) is 73.2 cm³/mol. The average molecular weight is 307 g/mol. The van der Waals surface area contributed by atoms with Crippen LogP contribution in [-0.2, 0) is 20.2 Å². The zero-order chi connectivity index (χ0) is 14.9. The van der Waals surface area contributed by atoms with Gasteiger partial charge < -0.3 is 0 Å². The van der Waals surface area contributed by atoms with E-state index >= 15 is 0 Å². The fraction of sp³-hybridized carbons (Fsp3) is 0.400. The number of hydrogen-bond acceptors (Lipinski definition) is 4. The number of rotatable bonds is 4. The molecule has 0 aromatic heterocycles. The van der Waals surface area contributed by atoms with Crippen LogP contribution in [0.25, 0.3) is 0 Å². The standard InChI is InChI=1S/C10H17N3O4S2/c1-10(2,3)13-19(16,17)12-8-4-6-9(7-5-8)18(11,14)15/h4-7,12-13H,1-3H3,(H2,11,14,15). The van der Waals surface area contributed by atoms with Crippen LogP contribution in [0.1, 0.15) is 20.8 Å². The van der Waals surface area contributed by atoms with Gasteiger partial charge in [0.2, 0.25) is 10.0 Å². The Morgan fingerprint density at radius 3 is 1.84 bits per heavy atom. The van der Waals surface area contributed by atoms with Crippen molar-refractivity contribution in [3.63, 3.8) is 0 Å². The first-order valence-electron chi connectivity index (χ1n) is 5.34. The fourth-order valence-electron chi connectivity index (χ4n) is 1.30. The predicted octanol–water partition coefficient (Wildman–Crippen LogP) is 0.379. The van der Waals surface area contributed by atoms with Crippen molar-refractivity contribution in [2.45, 2.75) is 31.2 Å². The van der Waals surface area contributed by atoms with E-state index in [2.05, 4.69) is 9.44 Å². The number of primary sulfonamides is 1. The maximum atomic E-state index is 11.7. The van der Waals surface area contributed by atoms with E-state index in [4.69, 9.17) is 5.14 Å². The molecule has 0 saturated carbocycles. The van der Waals surface area contributed by atoms with Gasteiger partial charge in [0.1, 0.15) is 0 Å². The van der Waals surface area contributed by atoms with E-state index in [-0.39, 0.29) is 10.6 Å². The molecular formula is C10H17N3O4S2. The zero-order valence-electron chi connectivity index (χ0n) is 10.8. The van der Waals surface area contributed by atoms with Crippen molar-refractivity contribution in [2.75, 3.05) is 4.72 Å². The van der Waals surface area contributed by atoms with Gasteiger partial charge in [-0.25, -0.2) is 13.6 Å². The van der Waals surface area contributed by atoms with Gasteiger partial charge in [-0.15, -0.1) is 0 Å². The normalized spacial score (nSPS) is 13.3. The van der Waals surface area contributed by atoms with Gasteiger partial charge >= 0.3 is 0 Å². The van der Waals surface area contributed by atoms with Crippen LogP contribution in [0.2, 0.25) is 0 Å². The van der Waals surface area contributed by atoms with Crippen molar-refractivity contribution in [3.8, 4) is 0 Å². The highest BCUT2D eigenvalue weighted by atomic mass is 32.2. The highest BCUT2D eigenvalue weighted by Gasteiger charge is 2.19. The molecule has 0 amide bonds. The van der Waals surface area contributed by atoms with E-state index in [0.29, 0.717) is 0 Å². The van der Waals surface area contributed by atoms with Crippen molar-refractivity contribution in [2.24, 2.45) is 5.14 Å². The zero-order valence-corrected chi connectivity index (χ0v) is 12.5. The molecule has 0 bridgehead atoms. The van der Waals surface area contributed by atoms with E-state index in [0.717, 1.165) is 0 Å². The minimum atomic E-state index is -3.78. The molecule has 4 N–H and O–H groups in total. The van der Waals surface area contributed by atoms with Gasteiger partial charge in [-0.05, 0) is 45.0 Å². The van der Waals surface area contributed by atoms with Crippen LogP contribution in [0.4, 0.5) is 5.69 Å². The van der Waals surface area contributed by atoms with Crippen LogP contribution in [0, 0.1) is 0 Å². The van der Waals surface area contributed by atoms with Crippen LogP contribution >= 0.6 is 0 Å². The number of nitrogens with two attached hydrogens (primary N) is 1. The van der Waals surface area contributed by atoms with Crippen molar-refractivity contribution < 1.29 is 16.8 Å². The second kappa shape index (κ2) is 5.08. The molecule has 1 aromatic carbocycles. The van der Waals surface area contributed by atoms with Crippen LogP contribution < -0.4 is 14.6 Å². The van der Waals surface area contributed by atoms with E-state index in [1.54, 1.807) is 20.8 Å². The number of nitrogens with one attached hydrogen (secondary N) is 2. The summed E-state index contributed by atoms with van der Waals surface area (Å²) in [6, 6.07) is 5.10.